The molecule has 1 aliphatic rings. The van der Waals surface area contributed by atoms with Gasteiger partial charge in [0.05, 0.1) is 6.10 Å². The molecule has 0 aliphatic carbocycles. The second kappa shape index (κ2) is 6.21. The van der Waals surface area contributed by atoms with Crippen LogP contribution in [0.15, 0.2) is 48.5 Å². The van der Waals surface area contributed by atoms with E-state index in [4.69, 9.17) is 4.74 Å². The SMILES string of the molecule is CC(C)Oc1ccc(CC2CCc3ccccc3N2)cc1. The molecule has 0 fully saturated rings. The molecule has 1 atom stereocenters. The largest absolute Gasteiger partial charge is 0.491 e. The van der Waals surface area contributed by atoms with E-state index in [0.29, 0.717) is 6.04 Å². The minimum Gasteiger partial charge on any atom is -0.491 e. The molecule has 0 aromatic heterocycles. The lowest BCUT2D eigenvalue weighted by Crippen LogP contribution is -2.27. The third kappa shape index (κ3) is 3.57. The molecule has 0 spiro atoms. The van der Waals surface area contributed by atoms with Crippen molar-refractivity contribution in [2.75, 3.05) is 5.32 Å². The summed E-state index contributed by atoms with van der Waals surface area (Å²) in [7, 11) is 0. The molecule has 1 unspecified atom stereocenters. The van der Waals surface area contributed by atoms with Gasteiger partial charge in [-0.15, -0.1) is 0 Å². The van der Waals surface area contributed by atoms with Crippen molar-refractivity contribution < 1.29 is 4.74 Å². The zero-order valence-corrected chi connectivity index (χ0v) is 12.8. The monoisotopic (exact) mass is 281 g/mol. The minimum atomic E-state index is 0.229. The number of nitrogens with one attached hydrogen (secondary N) is 1. The lowest BCUT2D eigenvalue weighted by Gasteiger charge is -2.27. The van der Waals surface area contributed by atoms with E-state index in [1.165, 1.54) is 29.7 Å². The van der Waals surface area contributed by atoms with Gasteiger partial charge in [-0.05, 0) is 62.4 Å². The highest BCUT2D eigenvalue weighted by Crippen LogP contribution is 2.26. The van der Waals surface area contributed by atoms with Crippen LogP contribution in [0.3, 0.4) is 0 Å². The van der Waals surface area contributed by atoms with Gasteiger partial charge in [0.25, 0.3) is 0 Å². The molecule has 1 heterocycles. The molecule has 0 saturated heterocycles. The van der Waals surface area contributed by atoms with Crippen molar-refractivity contribution in [3.63, 3.8) is 0 Å². The standard InChI is InChI=1S/C19H23NO/c1-14(2)21-18-11-7-15(8-12-18)13-17-10-9-16-5-3-4-6-19(16)20-17/h3-8,11-12,14,17,20H,9-10,13H2,1-2H3. The Hall–Kier alpha value is -1.96. The maximum Gasteiger partial charge on any atom is 0.119 e. The quantitative estimate of drug-likeness (QED) is 0.894. The van der Waals surface area contributed by atoms with Crippen LogP contribution in [0, 0.1) is 0 Å². The fourth-order valence-electron chi connectivity index (χ4n) is 2.91. The summed E-state index contributed by atoms with van der Waals surface area (Å²) in [4.78, 5) is 0. The predicted molar refractivity (Wildman–Crippen MR) is 88.1 cm³/mol. The molecule has 3 rings (SSSR count). The third-order valence-corrected chi connectivity index (χ3v) is 3.92. The Kier molecular flexibility index (Phi) is 4.14. The van der Waals surface area contributed by atoms with E-state index < -0.39 is 0 Å². The van der Waals surface area contributed by atoms with Crippen molar-refractivity contribution in [2.24, 2.45) is 0 Å². The van der Waals surface area contributed by atoms with E-state index in [-0.39, 0.29) is 6.10 Å². The van der Waals surface area contributed by atoms with Crippen molar-refractivity contribution in [2.45, 2.75) is 45.3 Å². The maximum absolute atomic E-state index is 5.69. The lowest BCUT2D eigenvalue weighted by molar-refractivity contribution is 0.242. The summed E-state index contributed by atoms with van der Waals surface area (Å²) < 4.78 is 5.69. The first-order valence-corrected chi connectivity index (χ1v) is 7.81. The normalized spacial score (nSPS) is 17.2. The highest BCUT2D eigenvalue weighted by molar-refractivity contribution is 5.54. The van der Waals surface area contributed by atoms with Gasteiger partial charge in [0.15, 0.2) is 0 Å². The Morgan fingerprint density at radius 3 is 2.62 bits per heavy atom. The first-order chi connectivity index (χ1) is 10.2. The summed E-state index contributed by atoms with van der Waals surface area (Å²) in [6, 6.07) is 17.7. The average molecular weight is 281 g/mol. The molecule has 0 saturated carbocycles. The van der Waals surface area contributed by atoms with Gasteiger partial charge in [-0.3, -0.25) is 0 Å². The van der Waals surface area contributed by atoms with Gasteiger partial charge in [-0.1, -0.05) is 30.3 Å². The van der Waals surface area contributed by atoms with Gasteiger partial charge in [0, 0.05) is 11.7 Å². The lowest BCUT2D eigenvalue weighted by atomic mass is 9.94. The Morgan fingerprint density at radius 1 is 1.10 bits per heavy atom. The van der Waals surface area contributed by atoms with Crippen LogP contribution in [-0.4, -0.2) is 12.1 Å². The van der Waals surface area contributed by atoms with Gasteiger partial charge in [0.2, 0.25) is 0 Å². The van der Waals surface area contributed by atoms with Crippen LogP contribution in [0.5, 0.6) is 5.75 Å². The summed E-state index contributed by atoms with van der Waals surface area (Å²) in [5.74, 6) is 0.954. The average Bonchev–Trinajstić information content (AvgIpc) is 2.49. The van der Waals surface area contributed by atoms with E-state index in [1.807, 2.05) is 0 Å². The van der Waals surface area contributed by atoms with Crippen molar-refractivity contribution in [3.8, 4) is 5.75 Å². The highest BCUT2D eigenvalue weighted by Gasteiger charge is 2.17. The highest BCUT2D eigenvalue weighted by atomic mass is 16.5. The maximum atomic E-state index is 5.69. The summed E-state index contributed by atoms with van der Waals surface area (Å²) in [6.45, 7) is 4.11. The Labute approximate surface area is 127 Å². The summed E-state index contributed by atoms with van der Waals surface area (Å²) in [5, 5.41) is 3.66. The van der Waals surface area contributed by atoms with Crippen LogP contribution < -0.4 is 10.1 Å². The summed E-state index contributed by atoms with van der Waals surface area (Å²) in [5.41, 5.74) is 4.10. The van der Waals surface area contributed by atoms with Crippen LogP contribution in [0.4, 0.5) is 5.69 Å². The van der Waals surface area contributed by atoms with Crippen LogP contribution in [-0.2, 0) is 12.8 Å². The first-order valence-electron chi connectivity index (χ1n) is 7.81. The Balaban J connectivity index is 1.62. The second-order valence-corrected chi connectivity index (χ2v) is 6.05. The van der Waals surface area contributed by atoms with E-state index in [2.05, 4.69) is 67.7 Å². The molecule has 2 aromatic rings. The molecule has 110 valence electrons. The molecule has 1 aliphatic heterocycles. The number of hydrogen-bond donors (Lipinski definition) is 1. The molecule has 2 aromatic carbocycles. The molecule has 21 heavy (non-hydrogen) atoms. The van der Waals surface area contributed by atoms with Crippen LogP contribution in [0.2, 0.25) is 0 Å². The number of benzene rings is 2. The molecule has 2 nitrogen and oxygen atoms in total. The minimum absolute atomic E-state index is 0.229. The predicted octanol–water partition coefficient (Wildman–Crippen LogP) is 4.44. The number of anilines is 1. The van der Waals surface area contributed by atoms with E-state index >= 15 is 0 Å². The number of fused-ring (bicyclic) bond motifs is 1. The van der Waals surface area contributed by atoms with Gasteiger partial charge in [-0.2, -0.15) is 0 Å². The molecular weight excluding hydrogens is 258 g/mol. The number of ether oxygens (including phenoxy) is 1. The van der Waals surface area contributed by atoms with Crippen LogP contribution in [0.1, 0.15) is 31.4 Å². The van der Waals surface area contributed by atoms with Crippen molar-refractivity contribution in [3.05, 3.63) is 59.7 Å². The molecule has 2 heteroatoms. The summed E-state index contributed by atoms with van der Waals surface area (Å²) in [6.07, 6.45) is 3.66. The van der Waals surface area contributed by atoms with Crippen LogP contribution in [0.25, 0.3) is 0 Å². The van der Waals surface area contributed by atoms with E-state index in [9.17, 15) is 0 Å². The van der Waals surface area contributed by atoms with Gasteiger partial charge >= 0.3 is 0 Å². The number of hydrogen-bond acceptors (Lipinski definition) is 2. The molecule has 0 amide bonds. The summed E-state index contributed by atoms with van der Waals surface area (Å²) >= 11 is 0. The Bertz CT molecular complexity index is 589. The Morgan fingerprint density at radius 2 is 1.86 bits per heavy atom. The van der Waals surface area contributed by atoms with Crippen molar-refractivity contribution in [1.29, 1.82) is 0 Å². The molecule has 0 bridgehead atoms. The second-order valence-electron chi connectivity index (χ2n) is 6.05. The van der Waals surface area contributed by atoms with Gasteiger partial charge in [0.1, 0.15) is 5.75 Å². The topological polar surface area (TPSA) is 21.3 Å². The van der Waals surface area contributed by atoms with Crippen molar-refractivity contribution in [1.82, 2.24) is 0 Å². The molecular formula is C19H23NO. The fraction of sp³-hybridized carbons (Fsp3) is 0.368. The zero-order valence-electron chi connectivity index (χ0n) is 12.8. The number of rotatable bonds is 4. The van der Waals surface area contributed by atoms with Gasteiger partial charge < -0.3 is 10.1 Å². The smallest absolute Gasteiger partial charge is 0.119 e. The molecule has 0 radical (unpaired) electrons. The first kappa shape index (κ1) is 14.0. The zero-order chi connectivity index (χ0) is 14.7. The molecule has 1 N–H and O–H groups in total. The van der Waals surface area contributed by atoms with Crippen molar-refractivity contribution >= 4 is 5.69 Å². The number of aryl methyl sites for hydroxylation is 1. The number of para-hydroxylation sites is 1. The fourth-order valence-corrected chi connectivity index (χ4v) is 2.91. The van der Waals surface area contributed by atoms with E-state index in [0.717, 1.165) is 12.2 Å². The third-order valence-electron chi connectivity index (χ3n) is 3.92. The van der Waals surface area contributed by atoms with E-state index in [1.54, 1.807) is 0 Å². The van der Waals surface area contributed by atoms with Gasteiger partial charge in [-0.25, -0.2) is 0 Å². The van der Waals surface area contributed by atoms with Crippen LogP contribution >= 0.6 is 0 Å².